The molecule has 0 N–H and O–H groups in total. The average molecular weight is 346 g/mol. The summed E-state index contributed by atoms with van der Waals surface area (Å²) in [5, 5.41) is 0. The van der Waals surface area contributed by atoms with Crippen molar-refractivity contribution in [3.8, 4) is 11.5 Å². The molecule has 1 aromatic rings. The zero-order valence-corrected chi connectivity index (χ0v) is 14.6. The standard InChI is InChI=1S/C18H21BClNO3/c1-3-5-6-14(4-2)13-21(18(22)12-20)19-15-7-8-16-17(11-15)24-10-9-23-16/h3-8,11,19H,2,9-10,12-13H2,1H3/b5-3-,14-6+. The molecule has 1 heterocycles. The van der Waals surface area contributed by atoms with E-state index in [-0.39, 0.29) is 11.8 Å². The fourth-order valence-corrected chi connectivity index (χ4v) is 2.52. The first-order chi connectivity index (χ1) is 11.7. The molecule has 1 amide bonds. The zero-order valence-electron chi connectivity index (χ0n) is 13.8. The Bertz CT molecular complexity index is 658. The molecule has 24 heavy (non-hydrogen) atoms. The predicted octanol–water partition coefficient (Wildman–Crippen LogP) is 2.19. The van der Waals surface area contributed by atoms with Crippen molar-refractivity contribution >= 4 is 30.4 Å². The molecule has 0 saturated heterocycles. The molecule has 0 radical (unpaired) electrons. The lowest BCUT2D eigenvalue weighted by Crippen LogP contribution is -2.42. The van der Waals surface area contributed by atoms with Crippen molar-refractivity contribution in [3.63, 3.8) is 0 Å². The van der Waals surface area contributed by atoms with Crippen molar-refractivity contribution in [1.29, 1.82) is 0 Å². The van der Waals surface area contributed by atoms with Crippen LogP contribution in [-0.4, -0.2) is 43.8 Å². The molecule has 2 rings (SSSR count). The third-order valence-corrected chi connectivity index (χ3v) is 3.81. The van der Waals surface area contributed by atoms with Gasteiger partial charge in [0.2, 0.25) is 5.91 Å². The second-order valence-corrected chi connectivity index (χ2v) is 5.60. The summed E-state index contributed by atoms with van der Waals surface area (Å²) in [5.41, 5.74) is 1.91. The molecule has 1 aliphatic heterocycles. The number of rotatable bonds is 7. The summed E-state index contributed by atoms with van der Waals surface area (Å²) >= 11 is 5.76. The van der Waals surface area contributed by atoms with Gasteiger partial charge in [0, 0.05) is 6.54 Å². The Morgan fingerprint density at radius 3 is 2.79 bits per heavy atom. The van der Waals surface area contributed by atoms with Gasteiger partial charge in [-0.3, -0.25) is 4.79 Å². The summed E-state index contributed by atoms with van der Waals surface area (Å²) in [7, 11) is 0.448. The number of hydrogen-bond donors (Lipinski definition) is 0. The van der Waals surface area contributed by atoms with Gasteiger partial charge in [-0.15, -0.1) is 11.6 Å². The summed E-state index contributed by atoms with van der Waals surface area (Å²) in [6.45, 7) is 7.29. The van der Waals surface area contributed by atoms with Gasteiger partial charge < -0.3 is 14.3 Å². The first kappa shape index (κ1) is 18.2. The van der Waals surface area contributed by atoms with E-state index in [0.717, 1.165) is 16.8 Å². The van der Waals surface area contributed by atoms with Crippen molar-refractivity contribution < 1.29 is 14.3 Å². The smallest absolute Gasteiger partial charge is 0.273 e. The monoisotopic (exact) mass is 345 g/mol. The van der Waals surface area contributed by atoms with Gasteiger partial charge in [0.1, 0.15) is 19.1 Å². The number of nitrogens with zero attached hydrogens (tertiary/aromatic N) is 1. The lowest BCUT2D eigenvalue weighted by Gasteiger charge is -2.23. The number of hydrogen-bond acceptors (Lipinski definition) is 3. The molecule has 0 fully saturated rings. The Hall–Kier alpha value is -2.14. The number of carbonyl (C=O) groups excluding carboxylic acids is 1. The minimum Gasteiger partial charge on any atom is -0.486 e. The van der Waals surface area contributed by atoms with Crippen LogP contribution in [0, 0.1) is 0 Å². The number of benzene rings is 1. The topological polar surface area (TPSA) is 38.8 Å². The molecule has 0 spiro atoms. The van der Waals surface area contributed by atoms with Gasteiger partial charge in [0.25, 0.3) is 7.41 Å². The van der Waals surface area contributed by atoms with E-state index in [1.165, 1.54) is 0 Å². The molecule has 0 aromatic heterocycles. The summed E-state index contributed by atoms with van der Waals surface area (Å²) < 4.78 is 11.1. The SMILES string of the molecule is C=C/C(=C\C=C/C)CN(Bc1ccc2c(c1)OCCO2)C(=O)CCl. The largest absolute Gasteiger partial charge is 0.486 e. The molecule has 0 unspecified atom stereocenters. The highest BCUT2D eigenvalue weighted by Crippen LogP contribution is 2.27. The fraction of sp³-hybridized carbons (Fsp3) is 0.278. The number of halogens is 1. The van der Waals surface area contributed by atoms with Crippen LogP contribution in [0.4, 0.5) is 0 Å². The van der Waals surface area contributed by atoms with E-state index in [9.17, 15) is 4.79 Å². The number of alkyl halides is 1. The number of amides is 1. The van der Waals surface area contributed by atoms with E-state index in [1.54, 1.807) is 10.9 Å². The predicted molar refractivity (Wildman–Crippen MR) is 99.7 cm³/mol. The Morgan fingerprint density at radius 2 is 2.12 bits per heavy atom. The molecule has 1 aromatic carbocycles. The molecular weight excluding hydrogens is 324 g/mol. The number of allylic oxidation sites excluding steroid dienone is 3. The van der Waals surface area contributed by atoms with Crippen LogP contribution in [-0.2, 0) is 4.79 Å². The maximum Gasteiger partial charge on any atom is 0.273 e. The van der Waals surface area contributed by atoms with Gasteiger partial charge in [-0.1, -0.05) is 42.4 Å². The lowest BCUT2D eigenvalue weighted by molar-refractivity contribution is -0.123. The molecule has 1 aliphatic rings. The Balaban J connectivity index is 2.16. The Kier molecular flexibility index (Phi) is 7.00. The molecule has 0 bridgehead atoms. The maximum absolute atomic E-state index is 12.2. The Morgan fingerprint density at radius 1 is 1.38 bits per heavy atom. The Labute approximate surface area is 148 Å². The number of ether oxygens (including phenoxy) is 2. The summed E-state index contributed by atoms with van der Waals surface area (Å²) in [5.74, 6) is 1.27. The first-order valence-electron chi connectivity index (χ1n) is 7.84. The number of fused-ring (bicyclic) bond motifs is 1. The molecule has 6 heteroatoms. The minimum absolute atomic E-state index is 0.0570. The van der Waals surface area contributed by atoms with Crippen molar-refractivity contribution in [2.45, 2.75) is 6.92 Å². The lowest BCUT2D eigenvalue weighted by atomic mass is 9.79. The van der Waals surface area contributed by atoms with E-state index >= 15 is 0 Å². The molecule has 0 atom stereocenters. The van der Waals surface area contributed by atoms with Crippen molar-refractivity contribution in [2.75, 3.05) is 25.6 Å². The highest BCUT2D eigenvalue weighted by atomic mass is 35.5. The van der Waals surface area contributed by atoms with Gasteiger partial charge in [-0.25, -0.2) is 0 Å². The molecule has 0 aliphatic carbocycles. The van der Waals surface area contributed by atoms with Crippen LogP contribution in [0.3, 0.4) is 0 Å². The zero-order chi connectivity index (χ0) is 17.4. The van der Waals surface area contributed by atoms with E-state index in [4.69, 9.17) is 21.1 Å². The van der Waals surface area contributed by atoms with Crippen LogP contribution in [0.1, 0.15) is 6.92 Å². The molecule has 4 nitrogen and oxygen atoms in total. The summed E-state index contributed by atoms with van der Waals surface area (Å²) in [6, 6.07) is 5.72. The van der Waals surface area contributed by atoms with Crippen LogP contribution in [0.5, 0.6) is 11.5 Å². The van der Waals surface area contributed by atoms with Gasteiger partial charge in [-0.2, -0.15) is 0 Å². The van der Waals surface area contributed by atoms with Crippen LogP contribution in [0.25, 0.3) is 0 Å². The number of carbonyl (C=O) groups is 1. The second kappa shape index (κ2) is 9.23. The van der Waals surface area contributed by atoms with Crippen molar-refractivity contribution in [2.24, 2.45) is 0 Å². The second-order valence-electron chi connectivity index (χ2n) is 5.33. The highest BCUT2D eigenvalue weighted by molar-refractivity contribution is 6.54. The maximum atomic E-state index is 12.2. The highest BCUT2D eigenvalue weighted by Gasteiger charge is 2.18. The third-order valence-electron chi connectivity index (χ3n) is 3.59. The normalized spacial score (nSPS) is 13.7. The van der Waals surface area contributed by atoms with Gasteiger partial charge in [0.05, 0.1) is 0 Å². The molecule has 0 saturated carbocycles. The van der Waals surface area contributed by atoms with Crippen molar-refractivity contribution in [1.82, 2.24) is 4.81 Å². The summed E-state index contributed by atoms with van der Waals surface area (Å²) in [4.78, 5) is 13.9. The average Bonchev–Trinajstić information content (AvgIpc) is 2.63. The molecule has 126 valence electrons. The summed E-state index contributed by atoms with van der Waals surface area (Å²) in [6.07, 6.45) is 7.53. The first-order valence-corrected chi connectivity index (χ1v) is 8.38. The van der Waals surface area contributed by atoms with Crippen LogP contribution in [0.2, 0.25) is 0 Å². The van der Waals surface area contributed by atoms with E-state index in [0.29, 0.717) is 32.9 Å². The van der Waals surface area contributed by atoms with Crippen LogP contribution in [0.15, 0.2) is 54.7 Å². The quantitative estimate of drug-likeness (QED) is 0.432. The van der Waals surface area contributed by atoms with Gasteiger partial charge in [-0.05, 0) is 24.6 Å². The van der Waals surface area contributed by atoms with Crippen LogP contribution >= 0.6 is 11.6 Å². The van der Waals surface area contributed by atoms with E-state index < -0.39 is 0 Å². The fourth-order valence-electron chi connectivity index (χ4n) is 2.35. The van der Waals surface area contributed by atoms with Gasteiger partial charge >= 0.3 is 0 Å². The molecular formula is C18H21BClNO3. The van der Waals surface area contributed by atoms with Crippen molar-refractivity contribution in [3.05, 3.63) is 54.7 Å². The van der Waals surface area contributed by atoms with Crippen LogP contribution < -0.4 is 14.9 Å². The van der Waals surface area contributed by atoms with E-state index in [2.05, 4.69) is 6.58 Å². The van der Waals surface area contributed by atoms with E-state index in [1.807, 2.05) is 43.4 Å². The van der Waals surface area contributed by atoms with Gasteiger partial charge in [0.15, 0.2) is 11.5 Å². The minimum atomic E-state index is -0.125. The third kappa shape index (κ3) is 4.93.